The van der Waals surface area contributed by atoms with Crippen molar-refractivity contribution in [2.24, 2.45) is 22.7 Å². The second-order valence-corrected chi connectivity index (χ2v) is 12.0. The molecular weight excluding hydrogens is 527 g/mol. The Bertz CT molecular complexity index is 1400. The molecule has 1 saturated carbocycles. The highest BCUT2D eigenvalue weighted by Crippen LogP contribution is 2.65. The molecule has 1 aliphatic carbocycles. The molecule has 40 heavy (non-hydrogen) atoms. The maximum atomic E-state index is 13.8. The number of likely N-dealkylation sites (tertiary alicyclic amines) is 1. The Labute approximate surface area is 230 Å². The number of hydrogen-bond donors (Lipinski definition) is 2. The quantitative estimate of drug-likeness (QED) is 0.558. The van der Waals surface area contributed by atoms with E-state index >= 15 is 0 Å². The highest BCUT2D eigenvalue weighted by Gasteiger charge is 2.70. The number of carbonyl (C=O) groups excluding carboxylic acids is 3. The van der Waals surface area contributed by atoms with Gasteiger partial charge in [0.15, 0.2) is 0 Å². The average molecular weight is 560 g/mol. The van der Waals surface area contributed by atoms with Gasteiger partial charge in [0.1, 0.15) is 18.1 Å². The molecule has 1 saturated heterocycles. The van der Waals surface area contributed by atoms with Crippen molar-refractivity contribution in [3.63, 3.8) is 0 Å². The molecule has 1 unspecified atom stereocenters. The fourth-order valence-corrected chi connectivity index (χ4v) is 5.85. The molecule has 3 amide bonds. The molecule has 2 N–H and O–H groups in total. The molecule has 0 radical (unpaired) electrons. The average Bonchev–Trinajstić information content (AvgIpc) is 3.20. The summed E-state index contributed by atoms with van der Waals surface area (Å²) in [5.41, 5.74) is -1.03. The summed E-state index contributed by atoms with van der Waals surface area (Å²) in [6, 6.07) is 5.46. The summed E-state index contributed by atoms with van der Waals surface area (Å²) in [7, 11) is 1.40. The van der Waals surface area contributed by atoms with Crippen LogP contribution in [0.2, 0.25) is 0 Å². The van der Waals surface area contributed by atoms with E-state index < -0.39 is 47.4 Å². The van der Waals surface area contributed by atoms with Gasteiger partial charge in [0.2, 0.25) is 17.7 Å². The van der Waals surface area contributed by atoms with Gasteiger partial charge in [-0.05, 0) is 28.1 Å². The number of hydrogen-bond acceptors (Lipinski definition) is 6. The Morgan fingerprint density at radius 3 is 2.40 bits per heavy atom. The van der Waals surface area contributed by atoms with Crippen LogP contribution in [0, 0.1) is 34.0 Å². The van der Waals surface area contributed by atoms with Crippen LogP contribution < -0.4 is 15.4 Å². The van der Waals surface area contributed by atoms with Crippen LogP contribution in [0.1, 0.15) is 46.2 Å². The van der Waals surface area contributed by atoms with Gasteiger partial charge in [-0.15, -0.1) is 0 Å². The molecule has 2 aliphatic rings. The van der Waals surface area contributed by atoms with Crippen LogP contribution in [-0.4, -0.2) is 59.5 Å². The molecule has 2 aromatic rings. The van der Waals surface area contributed by atoms with Gasteiger partial charge in [0.25, 0.3) is 0 Å². The third kappa shape index (κ3) is 5.05. The fourth-order valence-electron chi connectivity index (χ4n) is 5.85. The zero-order valence-corrected chi connectivity index (χ0v) is 23.1. The number of aromatic nitrogens is 1. The highest BCUT2D eigenvalue weighted by atomic mass is 19.4. The molecule has 2 fully saturated rings. The Balaban J connectivity index is 1.67. The van der Waals surface area contributed by atoms with Crippen LogP contribution in [0.3, 0.4) is 0 Å². The Kier molecular flexibility index (Phi) is 7.24. The third-order valence-corrected chi connectivity index (χ3v) is 8.11. The van der Waals surface area contributed by atoms with Crippen LogP contribution in [-0.2, 0) is 14.4 Å². The van der Waals surface area contributed by atoms with E-state index in [1.54, 1.807) is 30.5 Å². The number of rotatable bonds is 6. The minimum absolute atomic E-state index is 0.0690. The normalized spacial score (nSPS) is 23.0. The predicted molar refractivity (Wildman–Crippen MR) is 138 cm³/mol. The van der Waals surface area contributed by atoms with Gasteiger partial charge in [-0.1, -0.05) is 58.9 Å². The Morgan fingerprint density at radius 1 is 1.18 bits per heavy atom. The number of amides is 3. The second kappa shape index (κ2) is 9.94. The zero-order chi connectivity index (χ0) is 29.8. The first-order valence-corrected chi connectivity index (χ1v) is 12.8. The molecule has 5 atom stereocenters. The number of nitrogens with one attached hydrogen (secondary N) is 2. The van der Waals surface area contributed by atoms with Crippen molar-refractivity contribution in [3.05, 3.63) is 36.0 Å². The van der Waals surface area contributed by atoms with Gasteiger partial charge in [0, 0.05) is 18.1 Å². The van der Waals surface area contributed by atoms with E-state index in [2.05, 4.69) is 16.4 Å². The minimum Gasteiger partial charge on any atom is -0.481 e. The molecule has 0 spiro atoms. The van der Waals surface area contributed by atoms with Gasteiger partial charge in [0.05, 0.1) is 18.7 Å². The lowest BCUT2D eigenvalue weighted by Gasteiger charge is -2.37. The molecular formula is C28H32F3N5O4. The number of benzene rings is 1. The molecule has 4 rings (SSSR count). The number of nitrogens with zero attached hydrogens (tertiary/aromatic N) is 3. The van der Waals surface area contributed by atoms with Gasteiger partial charge >= 0.3 is 12.1 Å². The highest BCUT2D eigenvalue weighted by molar-refractivity contribution is 5.95. The summed E-state index contributed by atoms with van der Waals surface area (Å²) < 4.78 is 44.6. The molecule has 2 heterocycles. The van der Waals surface area contributed by atoms with Gasteiger partial charge in [-0.25, -0.2) is 4.98 Å². The standard InChI is InChI=1S/C28H32F3N5O4/c1-26(2,3)21(35-25(39)28(29,30)31)24(38)36-13-16-19(27(16,4)5)20(36)22(37)34-17(11-32)18-15-10-8-7-9-14(15)12-33-23(18)40-6/h7-10,12,16-17,19-21H,13H2,1-6H3,(H,34,37)(H,35,39)/t16-,17?,19-,20-,21+/m0/s1. The summed E-state index contributed by atoms with van der Waals surface area (Å²) in [4.78, 5) is 44.9. The summed E-state index contributed by atoms with van der Waals surface area (Å²) >= 11 is 0. The van der Waals surface area contributed by atoms with Crippen LogP contribution in [0.25, 0.3) is 10.8 Å². The number of carbonyl (C=O) groups is 3. The summed E-state index contributed by atoms with van der Waals surface area (Å²) in [5, 5.41) is 16.0. The molecule has 0 bridgehead atoms. The fraction of sp³-hybridized carbons (Fsp3) is 0.536. The molecule has 1 aromatic heterocycles. The number of nitriles is 1. The number of methoxy groups -OCH3 is 1. The second-order valence-electron chi connectivity index (χ2n) is 12.0. The predicted octanol–water partition coefficient (Wildman–Crippen LogP) is 3.50. The van der Waals surface area contributed by atoms with E-state index in [1.165, 1.54) is 32.8 Å². The van der Waals surface area contributed by atoms with Crippen LogP contribution in [0.4, 0.5) is 13.2 Å². The van der Waals surface area contributed by atoms with E-state index in [1.807, 2.05) is 19.2 Å². The number of alkyl halides is 3. The maximum absolute atomic E-state index is 13.8. The van der Waals surface area contributed by atoms with E-state index in [-0.39, 0.29) is 29.7 Å². The third-order valence-electron chi connectivity index (χ3n) is 8.11. The van der Waals surface area contributed by atoms with Crippen molar-refractivity contribution >= 4 is 28.5 Å². The zero-order valence-electron chi connectivity index (χ0n) is 23.1. The van der Waals surface area contributed by atoms with E-state index in [4.69, 9.17) is 4.74 Å². The van der Waals surface area contributed by atoms with Crippen molar-refractivity contribution in [2.45, 2.75) is 58.9 Å². The Morgan fingerprint density at radius 2 is 1.82 bits per heavy atom. The SMILES string of the molecule is COc1ncc2ccccc2c1C(C#N)NC(=O)[C@@H]1[C@@H]2[C@H](CN1C(=O)[C@@H](NC(=O)C(F)(F)F)C(C)(C)C)C2(C)C. The van der Waals surface area contributed by atoms with Crippen molar-refractivity contribution in [1.82, 2.24) is 20.5 Å². The maximum Gasteiger partial charge on any atom is 0.471 e. The number of ether oxygens (including phenoxy) is 1. The van der Waals surface area contributed by atoms with Crippen LogP contribution in [0.15, 0.2) is 30.5 Å². The van der Waals surface area contributed by atoms with Gasteiger partial charge in [-0.3, -0.25) is 14.4 Å². The molecule has 214 valence electrons. The van der Waals surface area contributed by atoms with E-state index in [0.717, 1.165) is 5.39 Å². The van der Waals surface area contributed by atoms with Gasteiger partial charge in [-0.2, -0.15) is 18.4 Å². The summed E-state index contributed by atoms with van der Waals surface area (Å²) in [6.07, 6.45) is -3.59. The van der Waals surface area contributed by atoms with E-state index in [0.29, 0.717) is 10.9 Å². The largest absolute Gasteiger partial charge is 0.481 e. The Hall–Kier alpha value is -3.88. The number of halogens is 3. The van der Waals surface area contributed by atoms with Crippen molar-refractivity contribution in [3.8, 4) is 11.9 Å². The monoisotopic (exact) mass is 559 g/mol. The van der Waals surface area contributed by atoms with E-state index in [9.17, 15) is 32.8 Å². The topological polar surface area (TPSA) is 124 Å². The lowest BCUT2D eigenvalue weighted by Crippen LogP contribution is -2.60. The number of pyridine rings is 1. The molecule has 1 aliphatic heterocycles. The van der Waals surface area contributed by atoms with Crippen LogP contribution >= 0.6 is 0 Å². The molecule has 1 aromatic carbocycles. The number of fused-ring (bicyclic) bond motifs is 2. The lowest BCUT2D eigenvalue weighted by molar-refractivity contribution is -0.176. The smallest absolute Gasteiger partial charge is 0.471 e. The first kappa shape index (κ1) is 29.1. The first-order chi connectivity index (χ1) is 18.5. The van der Waals surface area contributed by atoms with Crippen molar-refractivity contribution < 1.29 is 32.3 Å². The summed E-state index contributed by atoms with van der Waals surface area (Å²) in [6.45, 7) is 8.65. The van der Waals surface area contributed by atoms with Crippen LogP contribution in [0.5, 0.6) is 5.88 Å². The van der Waals surface area contributed by atoms with Gasteiger partial charge < -0.3 is 20.3 Å². The van der Waals surface area contributed by atoms with Crippen molar-refractivity contribution in [2.75, 3.05) is 13.7 Å². The summed E-state index contributed by atoms with van der Waals surface area (Å²) in [5.74, 6) is -3.83. The lowest BCUT2D eigenvalue weighted by atomic mass is 9.85. The minimum atomic E-state index is -5.18. The first-order valence-electron chi connectivity index (χ1n) is 12.8. The number of piperidine rings is 1. The molecule has 9 nitrogen and oxygen atoms in total. The molecule has 12 heteroatoms. The van der Waals surface area contributed by atoms with Crippen molar-refractivity contribution in [1.29, 1.82) is 5.26 Å².